The van der Waals surface area contributed by atoms with Crippen molar-refractivity contribution in [3.63, 3.8) is 0 Å². The van der Waals surface area contributed by atoms with Crippen LogP contribution < -0.4 is 0 Å². The molecule has 3 unspecified atom stereocenters. The van der Waals surface area contributed by atoms with Crippen molar-refractivity contribution in [3.05, 3.63) is 0 Å². The second-order valence-corrected chi connectivity index (χ2v) is 34.8. The van der Waals surface area contributed by atoms with Crippen molar-refractivity contribution in [1.82, 2.24) is 0 Å². The summed E-state index contributed by atoms with van der Waals surface area (Å²) in [7, 11) is -9.93. The standard InChI is InChI=1S/C88H172O17P2/c1-6-10-13-16-19-22-25-28-31-34-37-38-39-42-45-48-51-54-57-64-68-73-87(92)104-83(77-98-85(90)71-66-61-55-52-49-46-43-40-35-32-29-26-23-20-17-14-11-7-2)79-102-106(94,95)100-75-82(89)76-101-107(96,97)103-80-84(78-99-86(91)72-67-62-59-58-60-65-70-81(5)9-4)105-88(93)74-69-63-56-53-50-47-44-41-36-33-30-27-24-21-18-15-12-8-3/h81-84,89H,6-80H2,1-5H3,(H,94,95)(H,96,97)/t81?,82-,83-,84-/m1/s1. The van der Waals surface area contributed by atoms with Gasteiger partial charge in [0.15, 0.2) is 12.2 Å². The highest BCUT2D eigenvalue weighted by Gasteiger charge is 2.30. The van der Waals surface area contributed by atoms with Gasteiger partial charge in [0.05, 0.1) is 26.4 Å². The number of carbonyl (C=O) groups excluding carboxylic acids is 4. The molecule has 0 aromatic heterocycles. The van der Waals surface area contributed by atoms with Crippen LogP contribution in [0.3, 0.4) is 0 Å². The molecule has 0 aromatic rings. The Morgan fingerprint density at radius 1 is 0.262 bits per heavy atom. The number of hydrogen-bond acceptors (Lipinski definition) is 15. The van der Waals surface area contributed by atoms with Crippen molar-refractivity contribution < 1.29 is 80.2 Å². The summed E-state index contributed by atoms with van der Waals surface area (Å²) in [6, 6.07) is 0. The van der Waals surface area contributed by atoms with Gasteiger partial charge in [-0.05, 0) is 31.6 Å². The van der Waals surface area contributed by atoms with Gasteiger partial charge in [0.25, 0.3) is 0 Å². The third-order valence-corrected chi connectivity index (χ3v) is 23.0. The molecule has 0 saturated carbocycles. The number of hydrogen-bond donors (Lipinski definition) is 3. The fraction of sp³-hybridized carbons (Fsp3) is 0.955. The molecule has 17 nitrogen and oxygen atoms in total. The fourth-order valence-corrected chi connectivity index (χ4v) is 15.4. The highest BCUT2D eigenvalue weighted by molar-refractivity contribution is 7.47. The molecule has 0 aliphatic rings. The predicted molar refractivity (Wildman–Crippen MR) is 442 cm³/mol. The van der Waals surface area contributed by atoms with Crippen molar-refractivity contribution in [2.24, 2.45) is 5.92 Å². The molecule has 0 fully saturated rings. The first-order chi connectivity index (χ1) is 52.1. The third kappa shape index (κ3) is 80.5. The van der Waals surface area contributed by atoms with Gasteiger partial charge in [-0.1, -0.05) is 426 Å². The number of phosphoric acid groups is 2. The maximum Gasteiger partial charge on any atom is 0.472 e. The summed E-state index contributed by atoms with van der Waals surface area (Å²) in [6.07, 6.45) is 75.1. The molecule has 0 heterocycles. The molecule has 0 aliphatic carbocycles. The lowest BCUT2D eigenvalue weighted by Gasteiger charge is -2.21. The summed E-state index contributed by atoms with van der Waals surface area (Å²) in [5.74, 6) is -1.37. The van der Waals surface area contributed by atoms with Gasteiger partial charge in [-0.3, -0.25) is 37.3 Å². The zero-order valence-corrected chi connectivity index (χ0v) is 72.1. The monoisotopic (exact) mass is 1560 g/mol. The molecular weight excluding hydrogens is 1390 g/mol. The van der Waals surface area contributed by atoms with Gasteiger partial charge in [-0.25, -0.2) is 9.13 Å². The minimum atomic E-state index is -4.97. The second-order valence-electron chi connectivity index (χ2n) is 31.9. The molecule has 0 aromatic carbocycles. The Morgan fingerprint density at radius 3 is 0.664 bits per heavy atom. The summed E-state index contributed by atoms with van der Waals surface area (Å²) in [5, 5.41) is 10.7. The highest BCUT2D eigenvalue weighted by Crippen LogP contribution is 2.45. The molecular formula is C88H172O17P2. The molecule has 0 saturated heterocycles. The van der Waals surface area contributed by atoms with Crippen LogP contribution in [0.2, 0.25) is 0 Å². The lowest BCUT2D eigenvalue weighted by atomic mass is 10.00. The zero-order valence-electron chi connectivity index (χ0n) is 70.3. The molecule has 19 heteroatoms. The van der Waals surface area contributed by atoms with Crippen molar-refractivity contribution in [1.29, 1.82) is 0 Å². The van der Waals surface area contributed by atoms with E-state index in [-0.39, 0.29) is 25.7 Å². The number of esters is 4. The second kappa shape index (κ2) is 80.7. The van der Waals surface area contributed by atoms with E-state index < -0.39 is 97.5 Å². The summed E-state index contributed by atoms with van der Waals surface area (Å²) in [6.45, 7) is 7.34. The van der Waals surface area contributed by atoms with Gasteiger partial charge in [-0.2, -0.15) is 0 Å². The quantitative estimate of drug-likeness (QED) is 0.0222. The van der Waals surface area contributed by atoms with Gasteiger partial charge in [0, 0.05) is 25.7 Å². The van der Waals surface area contributed by atoms with E-state index in [1.807, 2.05) is 0 Å². The number of unbranched alkanes of at least 4 members (excludes halogenated alkanes) is 59. The molecule has 6 atom stereocenters. The Kier molecular flexibility index (Phi) is 79.2. The van der Waals surface area contributed by atoms with Crippen LogP contribution in [-0.2, 0) is 65.4 Å². The topological polar surface area (TPSA) is 237 Å². The number of ether oxygens (including phenoxy) is 4. The molecule has 107 heavy (non-hydrogen) atoms. The summed E-state index contributed by atoms with van der Waals surface area (Å²) < 4.78 is 69.0. The van der Waals surface area contributed by atoms with E-state index in [2.05, 4.69) is 34.6 Å². The van der Waals surface area contributed by atoms with Crippen LogP contribution >= 0.6 is 15.6 Å². The Labute approximate surface area is 658 Å². The van der Waals surface area contributed by atoms with Gasteiger partial charge < -0.3 is 33.8 Å². The first-order valence-corrected chi connectivity index (χ1v) is 48.7. The molecule has 3 N–H and O–H groups in total. The van der Waals surface area contributed by atoms with E-state index in [4.69, 9.17) is 37.0 Å². The van der Waals surface area contributed by atoms with Crippen molar-refractivity contribution in [2.75, 3.05) is 39.6 Å². The molecule has 0 amide bonds. The minimum Gasteiger partial charge on any atom is -0.462 e. The smallest absolute Gasteiger partial charge is 0.462 e. The zero-order chi connectivity index (χ0) is 78.3. The van der Waals surface area contributed by atoms with E-state index in [1.54, 1.807) is 0 Å². The van der Waals surface area contributed by atoms with Crippen LogP contribution in [0.25, 0.3) is 0 Å². The number of aliphatic hydroxyl groups excluding tert-OH is 1. The van der Waals surface area contributed by atoms with E-state index in [0.29, 0.717) is 25.7 Å². The maximum atomic E-state index is 13.2. The molecule has 0 spiro atoms. The van der Waals surface area contributed by atoms with Crippen molar-refractivity contribution in [3.8, 4) is 0 Å². The largest absolute Gasteiger partial charge is 0.472 e. The number of rotatable bonds is 88. The summed E-state index contributed by atoms with van der Waals surface area (Å²) >= 11 is 0. The van der Waals surface area contributed by atoms with Gasteiger partial charge in [0.1, 0.15) is 19.3 Å². The van der Waals surface area contributed by atoms with E-state index in [9.17, 15) is 43.2 Å². The highest BCUT2D eigenvalue weighted by atomic mass is 31.2. The normalized spacial score (nSPS) is 14.0. The van der Waals surface area contributed by atoms with E-state index >= 15 is 0 Å². The Hall–Kier alpha value is -1.94. The van der Waals surface area contributed by atoms with Crippen LogP contribution in [-0.4, -0.2) is 96.7 Å². The van der Waals surface area contributed by atoms with Crippen LogP contribution in [0.4, 0.5) is 0 Å². The van der Waals surface area contributed by atoms with Crippen LogP contribution in [0.15, 0.2) is 0 Å². The SMILES string of the molecule is CCCCCCCCCCCCCCCCCCCCCCCC(=O)O[C@H](COC(=O)CCCCCCCCCCCCCCCCCCCC)COP(=O)(O)OC[C@@H](O)COP(=O)(O)OC[C@@H](COC(=O)CCCCCCCCC(C)CC)OC(=O)CCCCCCCCCCCCCCCCCCCC. The first kappa shape index (κ1) is 105. The maximum absolute atomic E-state index is 13.2. The molecule has 0 aliphatic heterocycles. The van der Waals surface area contributed by atoms with Crippen LogP contribution in [0.1, 0.15) is 478 Å². The number of carbonyl (C=O) groups is 4. The third-order valence-electron chi connectivity index (χ3n) is 21.1. The average molecular weight is 1560 g/mol. The lowest BCUT2D eigenvalue weighted by molar-refractivity contribution is -0.161. The van der Waals surface area contributed by atoms with Gasteiger partial charge >= 0.3 is 39.5 Å². The average Bonchev–Trinajstić information content (AvgIpc) is 0.886. The van der Waals surface area contributed by atoms with Crippen LogP contribution in [0, 0.1) is 5.92 Å². The Morgan fingerprint density at radius 2 is 0.449 bits per heavy atom. The fourth-order valence-electron chi connectivity index (χ4n) is 13.8. The minimum absolute atomic E-state index is 0.108. The molecule has 0 radical (unpaired) electrons. The number of aliphatic hydroxyl groups is 1. The Bertz CT molecular complexity index is 2030. The molecule has 0 rings (SSSR count). The van der Waals surface area contributed by atoms with E-state index in [0.717, 1.165) is 102 Å². The van der Waals surface area contributed by atoms with Gasteiger partial charge in [0.2, 0.25) is 0 Å². The Balaban J connectivity index is 5.22. The predicted octanol–water partition coefficient (Wildman–Crippen LogP) is 27.2. The van der Waals surface area contributed by atoms with Crippen LogP contribution in [0.5, 0.6) is 0 Å². The first-order valence-electron chi connectivity index (χ1n) is 45.7. The molecule has 636 valence electrons. The lowest BCUT2D eigenvalue weighted by Crippen LogP contribution is -2.30. The van der Waals surface area contributed by atoms with Crippen molar-refractivity contribution in [2.45, 2.75) is 496 Å². The van der Waals surface area contributed by atoms with Gasteiger partial charge in [-0.15, -0.1) is 0 Å². The van der Waals surface area contributed by atoms with E-state index in [1.165, 1.54) is 295 Å². The number of phosphoric ester groups is 2. The van der Waals surface area contributed by atoms with Crippen molar-refractivity contribution >= 4 is 39.5 Å². The molecule has 0 bridgehead atoms. The summed E-state index contributed by atoms with van der Waals surface area (Å²) in [4.78, 5) is 73.3. The summed E-state index contributed by atoms with van der Waals surface area (Å²) in [5.41, 5.74) is 0.